The molecule has 0 aliphatic rings. The van der Waals surface area contributed by atoms with Crippen LogP contribution in [-0.4, -0.2) is 37.3 Å². The molecule has 0 heterocycles. The molecule has 1 aromatic carbocycles. The average Bonchev–Trinajstić information content (AvgIpc) is 2.52. The Hall–Kier alpha value is -2.90. The van der Waals surface area contributed by atoms with Crippen LogP contribution in [0.3, 0.4) is 0 Å². The van der Waals surface area contributed by atoms with E-state index in [4.69, 9.17) is 0 Å². The first-order valence-electron chi connectivity index (χ1n) is 6.48. The van der Waals surface area contributed by atoms with Gasteiger partial charge in [-0.05, 0) is 24.6 Å². The zero-order valence-corrected chi connectivity index (χ0v) is 12.0. The summed E-state index contributed by atoms with van der Waals surface area (Å²) in [6.45, 7) is 1.86. The van der Waals surface area contributed by atoms with Gasteiger partial charge in [-0.3, -0.25) is 19.2 Å². The van der Waals surface area contributed by atoms with Crippen LogP contribution in [0.15, 0.2) is 24.3 Å². The van der Waals surface area contributed by atoms with E-state index in [1.165, 1.54) is 6.92 Å². The average molecular weight is 307 g/mol. The molecular formula is C14H17N3O5. The number of carbonyl (C=O) groups is 4. The molecule has 0 fully saturated rings. The topological polar surface area (TPSA) is 114 Å². The van der Waals surface area contributed by atoms with Crippen LogP contribution in [0.25, 0.3) is 0 Å². The molecule has 3 amide bonds. The normalized spacial score (nSPS) is 11.0. The first kappa shape index (κ1) is 17.2. The number of rotatable bonds is 9. The van der Waals surface area contributed by atoms with E-state index >= 15 is 0 Å². The van der Waals surface area contributed by atoms with Gasteiger partial charge in [-0.1, -0.05) is 12.1 Å². The largest absolute Gasteiger partial charge is 0.463 e. The van der Waals surface area contributed by atoms with Crippen molar-refractivity contribution in [1.82, 2.24) is 10.6 Å². The lowest BCUT2D eigenvalue weighted by Gasteiger charge is -2.14. The van der Waals surface area contributed by atoms with E-state index in [2.05, 4.69) is 20.7 Å². The Bertz CT molecular complexity index is 530. The Morgan fingerprint density at radius 3 is 2.50 bits per heavy atom. The van der Waals surface area contributed by atoms with Crippen molar-refractivity contribution in [2.45, 2.75) is 19.6 Å². The molecule has 0 saturated carbocycles. The van der Waals surface area contributed by atoms with Gasteiger partial charge in [0.2, 0.25) is 18.2 Å². The summed E-state index contributed by atoms with van der Waals surface area (Å²) in [5.41, 5.74) is 1.33. The molecule has 0 saturated heterocycles. The van der Waals surface area contributed by atoms with Crippen molar-refractivity contribution in [1.29, 1.82) is 0 Å². The number of amides is 3. The number of benzene rings is 1. The minimum Gasteiger partial charge on any atom is -0.463 e. The van der Waals surface area contributed by atoms with Crippen molar-refractivity contribution in [3.63, 3.8) is 0 Å². The Kier molecular flexibility index (Phi) is 7.10. The zero-order valence-electron chi connectivity index (χ0n) is 12.0. The van der Waals surface area contributed by atoms with Crippen molar-refractivity contribution < 1.29 is 23.9 Å². The highest BCUT2D eigenvalue weighted by atomic mass is 16.5. The summed E-state index contributed by atoms with van der Waals surface area (Å²) in [6, 6.07) is 5.97. The number of hydrogen-bond acceptors (Lipinski definition) is 5. The molecule has 1 aromatic rings. The van der Waals surface area contributed by atoms with Gasteiger partial charge >= 0.3 is 0 Å². The lowest BCUT2D eigenvalue weighted by molar-refractivity contribution is -0.129. The summed E-state index contributed by atoms with van der Waals surface area (Å²) in [6.07, 6.45) is 0.403. The van der Waals surface area contributed by atoms with Crippen molar-refractivity contribution in [2.24, 2.45) is 0 Å². The molecule has 1 atom stereocenters. The van der Waals surface area contributed by atoms with Gasteiger partial charge in [0.05, 0.1) is 6.54 Å². The number of anilines is 1. The summed E-state index contributed by atoms with van der Waals surface area (Å²) < 4.78 is 4.61. The first-order chi connectivity index (χ1) is 10.6. The molecule has 1 rings (SSSR count). The molecule has 0 radical (unpaired) electrons. The van der Waals surface area contributed by atoms with Crippen LogP contribution in [0.2, 0.25) is 0 Å². The monoisotopic (exact) mass is 307 g/mol. The second-order valence-electron chi connectivity index (χ2n) is 4.38. The second-order valence-corrected chi connectivity index (χ2v) is 4.38. The molecule has 0 aromatic heterocycles. The molecule has 8 nitrogen and oxygen atoms in total. The maximum Gasteiger partial charge on any atom is 0.293 e. The fraction of sp³-hybridized carbons (Fsp3) is 0.286. The molecule has 118 valence electrons. The maximum atomic E-state index is 11.9. The number of ether oxygens (including phenoxy) is 1. The SMILES string of the molecule is C[C@H](NC(=O)CNC=O)C(=O)Nc1ccc(COC=O)cc1. The molecule has 22 heavy (non-hydrogen) atoms. The third-order valence-corrected chi connectivity index (χ3v) is 2.66. The number of carbonyl (C=O) groups excluding carboxylic acids is 4. The minimum atomic E-state index is -0.751. The lowest BCUT2D eigenvalue weighted by atomic mass is 10.2. The van der Waals surface area contributed by atoms with Crippen LogP contribution in [-0.2, 0) is 30.5 Å². The van der Waals surface area contributed by atoms with Gasteiger partial charge in [-0.15, -0.1) is 0 Å². The summed E-state index contributed by atoms with van der Waals surface area (Å²) >= 11 is 0. The molecule has 0 bridgehead atoms. The Labute approximate surface area is 127 Å². The molecular weight excluding hydrogens is 290 g/mol. The predicted molar refractivity (Wildman–Crippen MR) is 77.6 cm³/mol. The van der Waals surface area contributed by atoms with E-state index in [-0.39, 0.29) is 13.2 Å². The van der Waals surface area contributed by atoms with Crippen LogP contribution in [0.5, 0.6) is 0 Å². The van der Waals surface area contributed by atoms with E-state index in [9.17, 15) is 19.2 Å². The fourth-order valence-electron chi connectivity index (χ4n) is 1.56. The van der Waals surface area contributed by atoms with Gasteiger partial charge in [-0.25, -0.2) is 0 Å². The zero-order chi connectivity index (χ0) is 16.4. The van der Waals surface area contributed by atoms with Crippen molar-refractivity contribution in [2.75, 3.05) is 11.9 Å². The Balaban J connectivity index is 2.47. The standard InChI is InChI=1S/C14H17N3O5/c1-10(16-13(20)6-15-8-18)14(21)17-12-4-2-11(3-5-12)7-22-9-19/h2-5,8-10H,6-7H2,1H3,(H,15,18)(H,16,20)(H,17,21)/t10-/m0/s1. The quantitative estimate of drug-likeness (QED) is 0.535. The van der Waals surface area contributed by atoms with Gasteiger partial charge < -0.3 is 20.7 Å². The van der Waals surface area contributed by atoms with Gasteiger partial charge in [0.1, 0.15) is 12.6 Å². The summed E-state index contributed by atoms with van der Waals surface area (Å²) in [5, 5.41) is 7.28. The Morgan fingerprint density at radius 1 is 1.23 bits per heavy atom. The maximum absolute atomic E-state index is 11.9. The van der Waals surface area contributed by atoms with E-state index in [1.54, 1.807) is 24.3 Å². The van der Waals surface area contributed by atoms with Gasteiger partial charge in [0.25, 0.3) is 6.47 Å². The smallest absolute Gasteiger partial charge is 0.293 e. The third kappa shape index (κ3) is 6.04. The molecule has 3 N–H and O–H groups in total. The van der Waals surface area contributed by atoms with Crippen molar-refractivity contribution >= 4 is 30.4 Å². The van der Waals surface area contributed by atoms with Gasteiger partial charge in [0.15, 0.2) is 0 Å². The third-order valence-electron chi connectivity index (χ3n) is 2.66. The van der Waals surface area contributed by atoms with Crippen LogP contribution in [0.1, 0.15) is 12.5 Å². The molecule has 0 unspecified atom stereocenters. The van der Waals surface area contributed by atoms with E-state index < -0.39 is 17.9 Å². The minimum absolute atomic E-state index is 0.161. The van der Waals surface area contributed by atoms with Crippen molar-refractivity contribution in [3.05, 3.63) is 29.8 Å². The van der Waals surface area contributed by atoms with E-state index in [1.807, 2.05) is 0 Å². The van der Waals surface area contributed by atoms with Gasteiger partial charge in [-0.2, -0.15) is 0 Å². The fourth-order valence-corrected chi connectivity index (χ4v) is 1.56. The van der Waals surface area contributed by atoms with Gasteiger partial charge in [0, 0.05) is 5.69 Å². The number of nitrogens with one attached hydrogen (secondary N) is 3. The molecule has 8 heteroatoms. The highest BCUT2D eigenvalue weighted by molar-refractivity contribution is 5.97. The van der Waals surface area contributed by atoms with Crippen LogP contribution in [0.4, 0.5) is 5.69 Å². The van der Waals surface area contributed by atoms with Crippen LogP contribution >= 0.6 is 0 Å². The molecule has 0 spiro atoms. The molecule has 0 aliphatic carbocycles. The lowest BCUT2D eigenvalue weighted by Crippen LogP contribution is -2.44. The second kappa shape index (κ2) is 9.11. The summed E-state index contributed by atoms with van der Waals surface area (Å²) in [4.78, 5) is 43.4. The highest BCUT2D eigenvalue weighted by Crippen LogP contribution is 2.10. The molecule has 0 aliphatic heterocycles. The predicted octanol–water partition coefficient (Wildman–Crippen LogP) is -0.451. The van der Waals surface area contributed by atoms with E-state index in [0.29, 0.717) is 18.6 Å². The number of hydrogen-bond donors (Lipinski definition) is 3. The summed E-state index contributed by atoms with van der Waals surface area (Å²) in [5.74, 6) is -0.854. The van der Waals surface area contributed by atoms with E-state index in [0.717, 1.165) is 5.56 Å². The highest BCUT2D eigenvalue weighted by Gasteiger charge is 2.15. The van der Waals surface area contributed by atoms with Crippen molar-refractivity contribution in [3.8, 4) is 0 Å². The van der Waals surface area contributed by atoms with Crippen LogP contribution in [0, 0.1) is 0 Å². The van der Waals surface area contributed by atoms with Crippen LogP contribution < -0.4 is 16.0 Å². The Morgan fingerprint density at radius 2 is 1.91 bits per heavy atom. The summed E-state index contributed by atoms with van der Waals surface area (Å²) in [7, 11) is 0. The first-order valence-corrected chi connectivity index (χ1v) is 6.48.